The van der Waals surface area contributed by atoms with E-state index in [0.717, 1.165) is 30.2 Å². The van der Waals surface area contributed by atoms with Crippen LogP contribution in [0.4, 0.5) is 17.5 Å². The van der Waals surface area contributed by atoms with Crippen molar-refractivity contribution in [3.63, 3.8) is 0 Å². The topological polar surface area (TPSA) is 70.5 Å². The molecule has 0 amide bonds. The summed E-state index contributed by atoms with van der Waals surface area (Å²) < 4.78 is 5.45. The Labute approximate surface area is 162 Å². The van der Waals surface area contributed by atoms with E-state index < -0.39 is 0 Å². The Hall–Kier alpha value is -2.83. The predicted molar refractivity (Wildman–Crippen MR) is 107 cm³/mol. The van der Waals surface area contributed by atoms with E-state index in [1.807, 2.05) is 36.4 Å². The molecule has 0 spiro atoms. The first-order valence-electron chi connectivity index (χ1n) is 8.72. The standard InChI is InChI=1S/C20H19ClN4O2/c21-16-12-15(6-7-18(16)26)22-20-23-17(14-4-2-1-3-5-14)13-19(24-20)25-8-10-27-11-9-25/h1-7,12-13,26H,8-11H2,(H,22,23,24). The number of aromatic nitrogens is 2. The first kappa shape index (κ1) is 17.6. The molecule has 0 bridgehead atoms. The van der Waals surface area contributed by atoms with Crippen molar-refractivity contribution in [2.45, 2.75) is 0 Å². The molecular weight excluding hydrogens is 364 g/mol. The number of aromatic hydroxyl groups is 1. The summed E-state index contributed by atoms with van der Waals surface area (Å²) in [5, 5.41) is 13.1. The molecule has 6 nitrogen and oxygen atoms in total. The number of halogens is 1. The first-order chi connectivity index (χ1) is 13.2. The second kappa shape index (κ2) is 7.82. The number of phenols is 1. The normalized spacial score (nSPS) is 14.2. The van der Waals surface area contributed by atoms with Crippen molar-refractivity contribution in [3.8, 4) is 17.0 Å². The summed E-state index contributed by atoms with van der Waals surface area (Å²) in [5.41, 5.74) is 2.55. The Morgan fingerprint density at radius 3 is 2.52 bits per heavy atom. The second-order valence-corrected chi connectivity index (χ2v) is 6.60. The SMILES string of the molecule is Oc1ccc(Nc2nc(-c3ccccc3)cc(N3CCOCC3)n2)cc1Cl. The molecule has 1 aliphatic rings. The first-order valence-corrected chi connectivity index (χ1v) is 9.09. The van der Waals surface area contributed by atoms with Crippen LogP contribution in [0.5, 0.6) is 5.75 Å². The number of rotatable bonds is 4. The van der Waals surface area contributed by atoms with Gasteiger partial charge in [0.05, 0.1) is 23.9 Å². The molecule has 0 radical (unpaired) electrons. The van der Waals surface area contributed by atoms with Crippen molar-refractivity contribution in [1.29, 1.82) is 0 Å². The van der Waals surface area contributed by atoms with Crippen LogP contribution in [-0.2, 0) is 4.74 Å². The van der Waals surface area contributed by atoms with Crippen LogP contribution >= 0.6 is 11.6 Å². The second-order valence-electron chi connectivity index (χ2n) is 6.19. The summed E-state index contributed by atoms with van der Waals surface area (Å²) in [4.78, 5) is 11.5. The molecule has 0 aliphatic carbocycles. The summed E-state index contributed by atoms with van der Waals surface area (Å²) in [6.45, 7) is 2.94. The number of benzene rings is 2. The van der Waals surface area contributed by atoms with Crippen molar-refractivity contribution in [1.82, 2.24) is 9.97 Å². The number of morpholine rings is 1. The molecule has 7 heteroatoms. The van der Waals surface area contributed by atoms with Gasteiger partial charge in [-0.1, -0.05) is 41.9 Å². The molecule has 1 fully saturated rings. The lowest BCUT2D eigenvalue weighted by molar-refractivity contribution is 0.122. The van der Waals surface area contributed by atoms with Crippen molar-refractivity contribution in [3.05, 3.63) is 59.6 Å². The molecule has 2 heterocycles. The molecule has 3 aromatic rings. The van der Waals surface area contributed by atoms with Gasteiger partial charge in [0.25, 0.3) is 0 Å². The molecule has 138 valence electrons. The van der Waals surface area contributed by atoms with Crippen LogP contribution in [-0.4, -0.2) is 41.4 Å². The molecule has 27 heavy (non-hydrogen) atoms. The number of nitrogens with zero attached hydrogens (tertiary/aromatic N) is 3. The zero-order chi connectivity index (χ0) is 18.6. The Kier molecular flexibility index (Phi) is 5.09. The van der Waals surface area contributed by atoms with Gasteiger partial charge in [0.15, 0.2) is 0 Å². The third-order valence-electron chi connectivity index (χ3n) is 4.32. The van der Waals surface area contributed by atoms with E-state index in [-0.39, 0.29) is 10.8 Å². The van der Waals surface area contributed by atoms with E-state index in [9.17, 15) is 5.11 Å². The lowest BCUT2D eigenvalue weighted by Gasteiger charge is -2.28. The van der Waals surface area contributed by atoms with Crippen molar-refractivity contribution < 1.29 is 9.84 Å². The van der Waals surface area contributed by atoms with Crippen molar-refractivity contribution in [2.75, 3.05) is 36.5 Å². The van der Waals surface area contributed by atoms with Crippen LogP contribution in [0.15, 0.2) is 54.6 Å². The van der Waals surface area contributed by atoms with E-state index in [1.165, 1.54) is 6.07 Å². The Morgan fingerprint density at radius 2 is 1.78 bits per heavy atom. The molecule has 2 N–H and O–H groups in total. The molecular formula is C20H19ClN4O2. The van der Waals surface area contributed by atoms with Crippen LogP contribution in [0.3, 0.4) is 0 Å². The van der Waals surface area contributed by atoms with E-state index in [4.69, 9.17) is 16.3 Å². The molecule has 1 aliphatic heterocycles. The molecule has 4 rings (SSSR count). The molecule has 0 atom stereocenters. The molecule has 2 aromatic carbocycles. The number of hydrogen-bond donors (Lipinski definition) is 2. The Balaban J connectivity index is 1.71. The van der Waals surface area contributed by atoms with Gasteiger partial charge in [-0.2, -0.15) is 4.98 Å². The fourth-order valence-electron chi connectivity index (χ4n) is 2.92. The van der Waals surface area contributed by atoms with E-state index in [1.54, 1.807) is 12.1 Å². The van der Waals surface area contributed by atoms with Gasteiger partial charge in [0.2, 0.25) is 5.95 Å². The fourth-order valence-corrected chi connectivity index (χ4v) is 3.10. The van der Waals surface area contributed by atoms with Crippen molar-refractivity contribution in [2.24, 2.45) is 0 Å². The van der Waals surface area contributed by atoms with Gasteiger partial charge in [0.1, 0.15) is 11.6 Å². The zero-order valence-corrected chi connectivity index (χ0v) is 15.4. The minimum Gasteiger partial charge on any atom is -0.506 e. The summed E-state index contributed by atoms with van der Waals surface area (Å²) >= 11 is 6.01. The van der Waals surface area contributed by atoms with Crippen LogP contribution < -0.4 is 10.2 Å². The van der Waals surface area contributed by atoms with Crippen LogP contribution in [0.25, 0.3) is 11.3 Å². The van der Waals surface area contributed by atoms with Gasteiger partial charge in [-0.3, -0.25) is 0 Å². The van der Waals surface area contributed by atoms with Crippen LogP contribution in [0.2, 0.25) is 5.02 Å². The highest BCUT2D eigenvalue weighted by Crippen LogP contribution is 2.29. The van der Waals surface area contributed by atoms with Crippen LogP contribution in [0.1, 0.15) is 0 Å². The van der Waals surface area contributed by atoms with Crippen molar-refractivity contribution >= 4 is 29.1 Å². The quantitative estimate of drug-likeness (QED) is 0.662. The lowest BCUT2D eigenvalue weighted by Crippen LogP contribution is -2.36. The summed E-state index contributed by atoms with van der Waals surface area (Å²) in [6.07, 6.45) is 0. The fraction of sp³-hybridized carbons (Fsp3) is 0.200. The van der Waals surface area contributed by atoms with E-state index in [2.05, 4.69) is 20.2 Å². The maximum absolute atomic E-state index is 9.61. The largest absolute Gasteiger partial charge is 0.506 e. The maximum Gasteiger partial charge on any atom is 0.229 e. The maximum atomic E-state index is 9.61. The monoisotopic (exact) mass is 382 g/mol. The molecule has 0 unspecified atom stereocenters. The highest BCUT2D eigenvalue weighted by Gasteiger charge is 2.16. The number of anilines is 3. The summed E-state index contributed by atoms with van der Waals surface area (Å²) in [5.74, 6) is 1.36. The minimum atomic E-state index is 0.0372. The zero-order valence-electron chi connectivity index (χ0n) is 14.6. The summed E-state index contributed by atoms with van der Waals surface area (Å²) in [6, 6.07) is 16.9. The van der Waals surface area contributed by atoms with E-state index in [0.29, 0.717) is 24.8 Å². The number of nitrogens with one attached hydrogen (secondary N) is 1. The smallest absolute Gasteiger partial charge is 0.229 e. The average Bonchev–Trinajstić information content (AvgIpc) is 2.72. The summed E-state index contributed by atoms with van der Waals surface area (Å²) in [7, 11) is 0. The lowest BCUT2D eigenvalue weighted by atomic mass is 10.1. The van der Waals surface area contributed by atoms with Gasteiger partial charge in [0, 0.05) is 30.4 Å². The Bertz CT molecular complexity index is 931. The van der Waals surface area contributed by atoms with Gasteiger partial charge >= 0.3 is 0 Å². The van der Waals surface area contributed by atoms with Gasteiger partial charge < -0.3 is 20.1 Å². The van der Waals surface area contributed by atoms with Gasteiger partial charge in [-0.25, -0.2) is 4.98 Å². The van der Waals surface area contributed by atoms with Gasteiger partial charge in [-0.15, -0.1) is 0 Å². The molecule has 1 aromatic heterocycles. The highest BCUT2D eigenvalue weighted by molar-refractivity contribution is 6.32. The van der Waals surface area contributed by atoms with Gasteiger partial charge in [-0.05, 0) is 18.2 Å². The number of phenolic OH excluding ortho intramolecular Hbond substituents is 1. The number of hydrogen-bond acceptors (Lipinski definition) is 6. The average molecular weight is 383 g/mol. The predicted octanol–water partition coefficient (Wildman–Crippen LogP) is 4.08. The minimum absolute atomic E-state index is 0.0372. The number of ether oxygens (including phenoxy) is 1. The van der Waals surface area contributed by atoms with Crippen LogP contribution in [0, 0.1) is 0 Å². The third kappa shape index (κ3) is 4.13. The molecule has 0 saturated carbocycles. The molecule has 1 saturated heterocycles. The Morgan fingerprint density at radius 1 is 1.00 bits per heavy atom. The third-order valence-corrected chi connectivity index (χ3v) is 4.62. The van der Waals surface area contributed by atoms with E-state index >= 15 is 0 Å². The highest BCUT2D eigenvalue weighted by atomic mass is 35.5.